The summed E-state index contributed by atoms with van der Waals surface area (Å²) in [6.07, 6.45) is 0. The molecule has 4 heteroatoms. The second kappa shape index (κ2) is 5.26. The van der Waals surface area contributed by atoms with Gasteiger partial charge in [0.1, 0.15) is 31.9 Å². The summed E-state index contributed by atoms with van der Waals surface area (Å²) < 4.78 is 10.8. The number of morpholine rings is 1. The summed E-state index contributed by atoms with van der Waals surface area (Å²) >= 11 is 0. The summed E-state index contributed by atoms with van der Waals surface area (Å²) in [5.74, 6) is 0.980. The Morgan fingerprint density at radius 1 is 1.33 bits per heavy atom. The summed E-state index contributed by atoms with van der Waals surface area (Å²) in [6, 6.07) is 7.11. The minimum atomic E-state index is 0.591. The molecule has 1 saturated heterocycles. The van der Waals surface area contributed by atoms with Gasteiger partial charge in [0, 0.05) is 11.1 Å². The van der Waals surface area contributed by atoms with Crippen molar-refractivity contribution in [2.24, 2.45) is 0 Å². The molecule has 0 bridgehead atoms. The second-order valence-corrected chi connectivity index (χ2v) is 5.12. The van der Waals surface area contributed by atoms with Crippen LogP contribution in [0, 0.1) is 0 Å². The summed E-state index contributed by atoms with van der Waals surface area (Å²) in [5, 5.41) is 2.42. The van der Waals surface area contributed by atoms with Gasteiger partial charge in [0.25, 0.3) is 0 Å². The van der Waals surface area contributed by atoms with E-state index in [0.717, 1.165) is 38.6 Å². The molecule has 18 heavy (non-hydrogen) atoms. The number of fused-ring (bicyclic) bond motifs is 1. The van der Waals surface area contributed by atoms with E-state index in [9.17, 15) is 0 Å². The minimum Gasteiger partial charge on any atom is -0.497 e. The van der Waals surface area contributed by atoms with E-state index in [-0.39, 0.29) is 0 Å². The first kappa shape index (κ1) is 12.0. The van der Waals surface area contributed by atoms with Crippen molar-refractivity contribution < 1.29 is 19.7 Å². The SMILES string of the molecule is COc1ccc2c(c1)[C@H]([NH+]1CCOCC1)C[NH2+]C2. The molecule has 98 valence electrons. The molecule has 0 amide bonds. The van der Waals surface area contributed by atoms with Crippen molar-refractivity contribution in [2.75, 3.05) is 40.0 Å². The van der Waals surface area contributed by atoms with E-state index in [2.05, 4.69) is 23.5 Å². The van der Waals surface area contributed by atoms with E-state index in [1.54, 1.807) is 12.0 Å². The van der Waals surface area contributed by atoms with Gasteiger partial charge in [-0.15, -0.1) is 0 Å². The normalized spacial score (nSPS) is 24.6. The van der Waals surface area contributed by atoms with Crippen molar-refractivity contribution in [3.05, 3.63) is 29.3 Å². The number of hydrogen-bond donors (Lipinski definition) is 2. The topological polar surface area (TPSA) is 39.5 Å². The summed E-state index contributed by atoms with van der Waals surface area (Å²) in [7, 11) is 1.74. The predicted molar refractivity (Wildman–Crippen MR) is 67.7 cm³/mol. The van der Waals surface area contributed by atoms with Crippen LogP contribution in [-0.2, 0) is 11.3 Å². The Labute approximate surface area is 108 Å². The van der Waals surface area contributed by atoms with Gasteiger partial charge < -0.3 is 19.7 Å². The van der Waals surface area contributed by atoms with Crippen molar-refractivity contribution in [1.29, 1.82) is 0 Å². The van der Waals surface area contributed by atoms with Crippen molar-refractivity contribution >= 4 is 0 Å². The van der Waals surface area contributed by atoms with Crippen molar-refractivity contribution in [3.63, 3.8) is 0 Å². The first-order valence-corrected chi connectivity index (χ1v) is 6.79. The van der Waals surface area contributed by atoms with Crippen LogP contribution in [0.5, 0.6) is 5.75 Å². The van der Waals surface area contributed by atoms with Gasteiger partial charge in [-0.3, -0.25) is 0 Å². The minimum absolute atomic E-state index is 0.591. The van der Waals surface area contributed by atoms with E-state index >= 15 is 0 Å². The number of nitrogens with two attached hydrogens (primary N) is 1. The van der Waals surface area contributed by atoms with Crippen LogP contribution in [0.15, 0.2) is 18.2 Å². The van der Waals surface area contributed by atoms with Crippen molar-refractivity contribution in [2.45, 2.75) is 12.6 Å². The monoisotopic (exact) mass is 250 g/mol. The molecule has 2 aliphatic heterocycles. The molecule has 1 aromatic carbocycles. The van der Waals surface area contributed by atoms with Gasteiger partial charge in [-0.05, 0) is 18.2 Å². The molecule has 3 N–H and O–H groups in total. The lowest BCUT2D eigenvalue weighted by atomic mass is 9.95. The molecule has 0 aliphatic carbocycles. The standard InChI is InChI=1S/C14H20N2O2/c1-17-12-3-2-11-9-15-10-14(13(11)8-12)16-4-6-18-7-5-16/h2-3,8,14-15H,4-7,9-10H2,1H3/p+2/t14-/m1/s1. The van der Waals surface area contributed by atoms with E-state index in [1.807, 2.05) is 0 Å². The second-order valence-electron chi connectivity index (χ2n) is 5.12. The predicted octanol–water partition coefficient (Wildman–Crippen LogP) is -1.27. The Kier molecular flexibility index (Phi) is 3.50. The fourth-order valence-corrected chi connectivity index (χ4v) is 3.11. The van der Waals surface area contributed by atoms with E-state index in [0.29, 0.717) is 6.04 Å². The van der Waals surface area contributed by atoms with Gasteiger partial charge in [-0.1, -0.05) is 0 Å². The third-order valence-electron chi connectivity index (χ3n) is 4.12. The maximum absolute atomic E-state index is 5.47. The fraction of sp³-hybridized carbons (Fsp3) is 0.571. The third-order valence-corrected chi connectivity index (χ3v) is 4.12. The van der Waals surface area contributed by atoms with Crippen LogP contribution in [0.2, 0.25) is 0 Å². The molecule has 0 spiro atoms. The lowest BCUT2D eigenvalue weighted by molar-refractivity contribution is -0.954. The van der Waals surface area contributed by atoms with E-state index in [4.69, 9.17) is 9.47 Å². The van der Waals surface area contributed by atoms with Crippen LogP contribution < -0.4 is 15.0 Å². The smallest absolute Gasteiger partial charge is 0.163 e. The number of quaternary nitrogens is 2. The van der Waals surface area contributed by atoms with Gasteiger partial charge in [-0.2, -0.15) is 0 Å². The Balaban J connectivity index is 1.89. The highest BCUT2D eigenvalue weighted by molar-refractivity contribution is 5.37. The number of nitrogens with one attached hydrogen (secondary N) is 1. The maximum Gasteiger partial charge on any atom is 0.163 e. The van der Waals surface area contributed by atoms with Gasteiger partial charge in [0.05, 0.1) is 20.3 Å². The van der Waals surface area contributed by atoms with Crippen LogP contribution in [-0.4, -0.2) is 40.0 Å². The maximum atomic E-state index is 5.47. The Bertz CT molecular complexity index is 416. The molecule has 0 radical (unpaired) electrons. The van der Waals surface area contributed by atoms with Crippen LogP contribution in [0.25, 0.3) is 0 Å². The third kappa shape index (κ3) is 2.23. The Morgan fingerprint density at radius 2 is 2.17 bits per heavy atom. The van der Waals surface area contributed by atoms with Gasteiger partial charge >= 0.3 is 0 Å². The van der Waals surface area contributed by atoms with E-state index in [1.165, 1.54) is 17.7 Å². The number of ether oxygens (including phenoxy) is 2. The zero-order chi connectivity index (χ0) is 12.4. The molecule has 2 heterocycles. The van der Waals surface area contributed by atoms with Crippen molar-refractivity contribution in [3.8, 4) is 5.75 Å². The van der Waals surface area contributed by atoms with Gasteiger partial charge in [0.15, 0.2) is 6.04 Å². The zero-order valence-electron chi connectivity index (χ0n) is 10.9. The number of benzene rings is 1. The fourth-order valence-electron chi connectivity index (χ4n) is 3.11. The van der Waals surface area contributed by atoms with E-state index < -0.39 is 0 Å². The lowest BCUT2D eigenvalue weighted by Crippen LogP contribution is -3.17. The first-order chi connectivity index (χ1) is 8.88. The molecule has 4 nitrogen and oxygen atoms in total. The zero-order valence-corrected chi connectivity index (χ0v) is 10.9. The van der Waals surface area contributed by atoms with Crippen LogP contribution in [0.4, 0.5) is 0 Å². The molecule has 0 unspecified atom stereocenters. The number of rotatable bonds is 2. The molecular weight excluding hydrogens is 228 g/mol. The molecule has 0 saturated carbocycles. The average Bonchev–Trinajstić information content (AvgIpc) is 2.47. The average molecular weight is 250 g/mol. The highest BCUT2D eigenvalue weighted by Gasteiger charge is 2.32. The summed E-state index contributed by atoms with van der Waals surface area (Å²) in [6.45, 7) is 6.30. The molecule has 2 aliphatic rings. The summed E-state index contributed by atoms with van der Waals surface area (Å²) in [5.41, 5.74) is 2.94. The highest BCUT2D eigenvalue weighted by atomic mass is 16.5. The van der Waals surface area contributed by atoms with Crippen LogP contribution in [0.1, 0.15) is 17.2 Å². The van der Waals surface area contributed by atoms with Crippen LogP contribution >= 0.6 is 0 Å². The quantitative estimate of drug-likeness (QED) is 0.687. The molecule has 1 aromatic rings. The Morgan fingerprint density at radius 3 is 2.94 bits per heavy atom. The molecular formula is C14H22N2O2+2. The largest absolute Gasteiger partial charge is 0.497 e. The first-order valence-electron chi connectivity index (χ1n) is 6.79. The number of methoxy groups -OCH3 is 1. The van der Waals surface area contributed by atoms with Crippen molar-refractivity contribution in [1.82, 2.24) is 0 Å². The lowest BCUT2D eigenvalue weighted by Gasteiger charge is -2.33. The molecule has 1 atom stereocenters. The summed E-state index contributed by atoms with van der Waals surface area (Å²) in [4.78, 5) is 1.66. The number of hydrogen-bond acceptors (Lipinski definition) is 2. The molecule has 1 fully saturated rings. The molecule has 3 rings (SSSR count). The molecule has 0 aromatic heterocycles. The van der Waals surface area contributed by atoms with Gasteiger partial charge in [-0.25, -0.2) is 0 Å². The Hall–Kier alpha value is -1.10. The highest BCUT2D eigenvalue weighted by Crippen LogP contribution is 2.23. The van der Waals surface area contributed by atoms with Crippen LogP contribution in [0.3, 0.4) is 0 Å². The van der Waals surface area contributed by atoms with Gasteiger partial charge in [0.2, 0.25) is 0 Å².